The maximum atomic E-state index is 11.9. The van der Waals surface area contributed by atoms with Crippen molar-refractivity contribution >= 4 is 23.2 Å². The number of anilines is 1. The fourth-order valence-electron chi connectivity index (χ4n) is 1.53. The molecule has 0 saturated carbocycles. The summed E-state index contributed by atoms with van der Waals surface area (Å²) >= 11 is 5.99. The molecule has 2 aromatic rings. The lowest BCUT2D eigenvalue weighted by Gasteiger charge is -2.09. The summed E-state index contributed by atoms with van der Waals surface area (Å²) in [5.41, 5.74) is 2.25. The quantitative estimate of drug-likeness (QED) is 0.854. The summed E-state index contributed by atoms with van der Waals surface area (Å²) in [7, 11) is 0. The minimum Gasteiger partial charge on any atom is -0.322 e. The van der Waals surface area contributed by atoms with E-state index in [2.05, 4.69) is 5.32 Å². The fourth-order valence-corrected chi connectivity index (χ4v) is 1.70. The average Bonchev–Trinajstić information content (AvgIpc) is 2.36. The van der Waals surface area contributed by atoms with E-state index < -0.39 is 0 Å². The van der Waals surface area contributed by atoms with Gasteiger partial charge >= 0.3 is 0 Å². The molecule has 86 valence electrons. The minimum atomic E-state index is -0.129. The van der Waals surface area contributed by atoms with Gasteiger partial charge < -0.3 is 5.32 Å². The van der Waals surface area contributed by atoms with Gasteiger partial charge in [-0.1, -0.05) is 35.9 Å². The van der Waals surface area contributed by atoms with Crippen LogP contribution in [-0.2, 0) is 0 Å². The number of rotatable bonds is 2. The number of amides is 1. The molecule has 2 rings (SSSR count). The Balaban J connectivity index is 2.22. The highest BCUT2D eigenvalue weighted by Gasteiger charge is 2.07. The van der Waals surface area contributed by atoms with Gasteiger partial charge in [0.05, 0.1) is 0 Å². The Morgan fingerprint density at radius 3 is 2.47 bits per heavy atom. The van der Waals surface area contributed by atoms with Crippen LogP contribution in [0.3, 0.4) is 0 Å². The summed E-state index contributed by atoms with van der Waals surface area (Å²) in [6.45, 7) is 1.88. The Morgan fingerprint density at radius 1 is 1.06 bits per heavy atom. The zero-order chi connectivity index (χ0) is 12.3. The van der Waals surface area contributed by atoms with Gasteiger partial charge in [0, 0.05) is 16.3 Å². The number of benzene rings is 2. The molecule has 0 aliphatic heterocycles. The third-order valence-corrected chi connectivity index (χ3v) is 2.96. The van der Waals surface area contributed by atoms with Gasteiger partial charge in [-0.2, -0.15) is 0 Å². The maximum Gasteiger partial charge on any atom is 0.255 e. The molecule has 0 aliphatic carbocycles. The van der Waals surface area contributed by atoms with Crippen molar-refractivity contribution < 1.29 is 4.79 Å². The smallest absolute Gasteiger partial charge is 0.255 e. The van der Waals surface area contributed by atoms with Gasteiger partial charge in [0.2, 0.25) is 0 Å². The molecule has 0 saturated heterocycles. The zero-order valence-electron chi connectivity index (χ0n) is 9.41. The first-order valence-electron chi connectivity index (χ1n) is 5.30. The van der Waals surface area contributed by atoms with Gasteiger partial charge in [-0.25, -0.2) is 0 Å². The molecule has 1 amide bonds. The van der Waals surface area contributed by atoms with Gasteiger partial charge in [0.1, 0.15) is 0 Å². The van der Waals surface area contributed by atoms with Crippen LogP contribution in [0.5, 0.6) is 0 Å². The highest BCUT2D eigenvalue weighted by Crippen LogP contribution is 2.23. The molecule has 0 heterocycles. The van der Waals surface area contributed by atoms with E-state index in [1.165, 1.54) is 0 Å². The molecular weight excluding hydrogens is 234 g/mol. The predicted octanol–water partition coefficient (Wildman–Crippen LogP) is 3.90. The van der Waals surface area contributed by atoms with Gasteiger partial charge in [-0.3, -0.25) is 4.79 Å². The van der Waals surface area contributed by atoms with Crippen molar-refractivity contribution in [1.29, 1.82) is 0 Å². The van der Waals surface area contributed by atoms with Gasteiger partial charge in [0.25, 0.3) is 5.91 Å². The summed E-state index contributed by atoms with van der Waals surface area (Å²) in [4.78, 5) is 11.9. The summed E-state index contributed by atoms with van der Waals surface area (Å²) in [6.07, 6.45) is 0. The van der Waals surface area contributed by atoms with Crippen molar-refractivity contribution in [3.05, 3.63) is 64.7 Å². The van der Waals surface area contributed by atoms with E-state index in [0.717, 1.165) is 11.3 Å². The van der Waals surface area contributed by atoms with Crippen LogP contribution in [0.15, 0.2) is 48.5 Å². The molecule has 0 aromatic heterocycles. The molecule has 2 nitrogen and oxygen atoms in total. The number of halogens is 1. The monoisotopic (exact) mass is 245 g/mol. The lowest BCUT2D eigenvalue weighted by Crippen LogP contribution is -2.12. The highest BCUT2D eigenvalue weighted by atomic mass is 35.5. The van der Waals surface area contributed by atoms with Crippen molar-refractivity contribution in [3.63, 3.8) is 0 Å². The SMILES string of the molecule is Cc1c(Cl)cccc1NC(=O)c1ccccc1. The van der Waals surface area contributed by atoms with Crippen molar-refractivity contribution in [2.75, 3.05) is 5.32 Å². The summed E-state index contributed by atoms with van der Waals surface area (Å²) in [5, 5.41) is 3.49. The molecule has 0 aliphatic rings. The molecular formula is C14H12ClNO. The summed E-state index contributed by atoms with van der Waals surface area (Å²) in [6, 6.07) is 14.5. The van der Waals surface area contributed by atoms with E-state index in [4.69, 9.17) is 11.6 Å². The Morgan fingerprint density at radius 2 is 1.76 bits per heavy atom. The average molecular weight is 246 g/mol. The molecule has 17 heavy (non-hydrogen) atoms. The number of carbonyl (C=O) groups excluding carboxylic acids is 1. The second-order valence-corrected chi connectivity index (χ2v) is 4.14. The van der Waals surface area contributed by atoms with E-state index in [9.17, 15) is 4.79 Å². The van der Waals surface area contributed by atoms with Crippen LogP contribution >= 0.6 is 11.6 Å². The Hall–Kier alpha value is -1.80. The van der Waals surface area contributed by atoms with Crippen LogP contribution in [0.2, 0.25) is 5.02 Å². The summed E-state index contributed by atoms with van der Waals surface area (Å²) < 4.78 is 0. The third-order valence-electron chi connectivity index (χ3n) is 2.55. The third kappa shape index (κ3) is 2.66. The zero-order valence-corrected chi connectivity index (χ0v) is 10.2. The van der Waals surface area contributed by atoms with Crippen LogP contribution in [0, 0.1) is 6.92 Å². The Kier molecular flexibility index (Phi) is 3.45. The first-order valence-corrected chi connectivity index (χ1v) is 5.68. The second kappa shape index (κ2) is 5.02. The first-order chi connectivity index (χ1) is 8.18. The second-order valence-electron chi connectivity index (χ2n) is 3.73. The Labute approximate surface area is 105 Å². The highest BCUT2D eigenvalue weighted by molar-refractivity contribution is 6.31. The maximum absolute atomic E-state index is 11.9. The molecule has 0 radical (unpaired) electrons. The van der Waals surface area contributed by atoms with Crippen LogP contribution in [0.1, 0.15) is 15.9 Å². The van der Waals surface area contributed by atoms with E-state index in [-0.39, 0.29) is 5.91 Å². The minimum absolute atomic E-state index is 0.129. The molecule has 0 spiro atoms. The Bertz CT molecular complexity index is 537. The van der Waals surface area contributed by atoms with Crippen LogP contribution in [0.4, 0.5) is 5.69 Å². The molecule has 0 bridgehead atoms. The number of carbonyl (C=O) groups is 1. The lowest BCUT2D eigenvalue weighted by molar-refractivity contribution is 0.102. The number of nitrogens with one attached hydrogen (secondary N) is 1. The van der Waals surface area contributed by atoms with Crippen molar-refractivity contribution in [2.24, 2.45) is 0 Å². The predicted molar refractivity (Wildman–Crippen MR) is 70.6 cm³/mol. The van der Waals surface area contributed by atoms with E-state index in [1.807, 2.05) is 37.3 Å². The van der Waals surface area contributed by atoms with Crippen LogP contribution in [0.25, 0.3) is 0 Å². The van der Waals surface area contributed by atoms with Crippen LogP contribution < -0.4 is 5.32 Å². The van der Waals surface area contributed by atoms with E-state index in [1.54, 1.807) is 18.2 Å². The van der Waals surface area contributed by atoms with Crippen molar-refractivity contribution in [1.82, 2.24) is 0 Å². The molecule has 1 N–H and O–H groups in total. The number of hydrogen-bond acceptors (Lipinski definition) is 1. The van der Waals surface area contributed by atoms with Crippen molar-refractivity contribution in [3.8, 4) is 0 Å². The van der Waals surface area contributed by atoms with E-state index in [0.29, 0.717) is 10.6 Å². The molecule has 0 unspecified atom stereocenters. The largest absolute Gasteiger partial charge is 0.322 e. The molecule has 3 heteroatoms. The molecule has 0 fully saturated rings. The topological polar surface area (TPSA) is 29.1 Å². The molecule has 2 aromatic carbocycles. The number of hydrogen-bond donors (Lipinski definition) is 1. The van der Waals surface area contributed by atoms with Crippen LogP contribution in [-0.4, -0.2) is 5.91 Å². The lowest BCUT2D eigenvalue weighted by atomic mass is 10.1. The van der Waals surface area contributed by atoms with Gasteiger partial charge in [0.15, 0.2) is 0 Å². The van der Waals surface area contributed by atoms with Gasteiger partial charge in [-0.15, -0.1) is 0 Å². The first kappa shape index (κ1) is 11.7. The van der Waals surface area contributed by atoms with Crippen molar-refractivity contribution in [2.45, 2.75) is 6.92 Å². The fraction of sp³-hybridized carbons (Fsp3) is 0.0714. The normalized spacial score (nSPS) is 10.0. The summed E-state index contributed by atoms with van der Waals surface area (Å²) in [5.74, 6) is -0.129. The molecule has 0 atom stereocenters. The van der Waals surface area contributed by atoms with Gasteiger partial charge in [-0.05, 0) is 36.8 Å². The van der Waals surface area contributed by atoms with E-state index >= 15 is 0 Å². The standard InChI is InChI=1S/C14H12ClNO/c1-10-12(15)8-5-9-13(10)16-14(17)11-6-3-2-4-7-11/h2-9H,1H3,(H,16,17).